The van der Waals surface area contributed by atoms with E-state index in [9.17, 15) is 4.39 Å². The molecule has 5 nitrogen and oxygen atoms in total. The number of hydrogen-bond acceptors (Lipinski definition) is 3. The molecule has 0 bridgehead atoms. The number of aliphatic imine (C=N–C) groups is 1. The normalized spacial score (nSPS) is 11.1. The first-order valence-corrected chi connectivity index (χ1v) is 8.06. The number of ether oxygens (including phenoxy) is 2. The summed E-state index contributed by atoms with van der Waals surface area (Å²) in [5, 5.41) is 6.46. The fourth-order valence-corrected chi connectivity index (χ4v) is 2.40. The Labute approximate surface area is 147 Å². The number of methoxy groups -OCH3 is 2. The molecule has 0 aromatic heterocycles. The van der Waals surface area contributed by atoms with Crippen molar-refractivity contribution in [3.8, 4) is 11.5 Å². The monoisotopic (exact) mass is 345 g/mol. The molecule has 134 valence electrons. The maximum Gasteiger partial charge on any atom is 0.191 e. The molecule has 0 saturated carbocycles. The quantitative estimate of drug-likeness (QED) is 0.598. The van der Waals surface area contributed by atoms with E-state index in [1.807, 2.05) is 18.2 Å². The number of benzene rings is 2. The zero-order chi connectivity index (χ0) is 18.1. The van der Waals surface area contributed by atoms with Gasteiger partial charge in [0, 0.05) is 20.1 Å². The maximum absolute atomic E-state index is 12.9. The van der Waals surface area contributed by atoms with Gasteiger partial charge in [0.1, 0.15) is 17.3 Å². The summed E-state index contributed by atoms with van der Waals surface area (Å²) in [6, 6.07) is 12.1. The minimum atomic E-state index is -0.238. The van der Waals surface area contributed by atoms with Crippen LogP contribution in [0.25, 0.3) is 0 Å². The largest absolute Gasteiger partial charge is 0.497 e. The van der Waals surface area contributed by atoms with E-state index in [1.165, 1.54) is 12.1 Å². The van der Waals surface area contributed by atoms with E-state index in [2.05, 4.69) is 15.6 Å². The molecule has 0 radical (unpaired) electrons. The van der Waals surface area contributed by atoms with Gasteiger partial charge in [0.25, 0.3) is 0 Å². The van der Waals surface area contributed by atoms with E-state index in [1.54, 1.807) is 33.4 Å². The van der Waals surface area contributed by atoms with Crippen LogP contribution in [0.4, 0.5) is 4.39 Å². The molecule has 0 amide bonds. The van der Waals surface area contributed by atoms with Crippen molar-refractivity contribution in [3.05, 3.63) is 59.4 Å². The van der Waals surface area contributed by atoms with Crippen LogP contribution in [-0.4, -0.2) is 33.8 Å². The summed E-state index contributed by atoms with van der Waals surface area (Å²) >= 11 is 0. The maximum atomic E-state index is 12.9. The average Bonchev–Trinajstić information content (AvgIpc) is 2.65. The van der Waals surface area contributed by atoms with Gasteiger partial charge in [-0.25, -0.2) is 4.39 Å². The first-order valence-electron chi connectivity index (χ1n) is 8.06. The second-order valence-electron chi connectivity index (χ2n) is 5.41. The van der Waals surface area contributed by atoms with Crippen LogP contribution in [0, 0.1) is 5.82 Å². The van der Waals surface area contributed by atoms with Crippen molar-refractivity contribution in [2.45, 2.75) is 13.0 Å². The highest BCUT2D eigenvalue weighted by atomic mass is 19.1. The van der Waals surface area contributed by atoms with Crippen LogP contribution in [0.2, 0.25) is 0 Å². The van der Waals surface area contributed by atoms with Gasteiger partial charge >= 0.3 is 0 Å². The number of halogens is 1. The topological polar surface area (TPSA) is 54.9 Å². The second-order valence-corrected chi connectivity index (χ2v) is 5.41. The zero-order valence-electron chi connectivity index (χ0n) is 14.8. The Morgan fingerprint density at radius 2 is 1.80 bits per heavy atom. The number of hydrogen-bond donors (Lipinski definition) is 2. The third-order valence-corrected chi connectivity index (χ3v) is 3.77. The number of nitrogens with one attached hydrogen (secondary N) is 2. The third kappa shape index (κ3) is 5.67. The highest BCUT2D eigenvalue weighted by Gasteiger charge is 2.06. The second kappa shape index (κ2) is 9.52. The summed E-state index contributed by atoms with van der Waals surface area (Å²) in [6.07, 6.45) is 0.762. The van der Waals surface area contributed by atoms with Crippen LogP contribution < -0.4 is 20.1 Å². The first kappa shape index (κ1) is 18.6. The molecule has 0 aliphatic carbocycles. The molecule has 0 atom stereocenters. The van der Waals surface area contributed by atoms with Crippen molar-refractivity contribution in [2.24, 2.45) is 4.99 Å². The summed E-state index contributed by atoms with van der Waals surface area (Å²) in [7, 11) is 5.01. The van der Waals surface area contributed by atoms with Crippen LogP contribution in [-0.2, 0) is 13.0 Å². The standard InChI is InChI=1S/C19H24FN3O2/c1-21-19(23-13-14-4-6-16(20)7-5-14)22-11-10-15-12-17(24-2)8-9-18(15)25-3/h4-9,12H,10-11,13H2,1-3H3,(H2,21,22,23). The Hall–Kier alpha value is -2.76. The lowest BCUT2D eigenvalue weighted by molar-refractivity contribution is 0.398. The van der Waals surface area contributed by atoms with Gasteiger partial charge in [-0.2, -0.15) is 0 Å². The molecule has 2 N–H and O–H groups in total. The highest BCUT2D eigenvalue weighted by molar-refractivity contribution is 5.79. The Morgan fingerprint density at radius 3 is 2.44 bits per heavy atom. The summed E-state index contributed by atoms with van der Waals surface area (Å²) in [6.45, 7) is 1.26. The van der Waals surface area contributed by atoms with Crippen molar-refractivity contribution >= 4 is 5.96 Å². The Balaban J connectivity index is 1.85. The Morgan fingerprint density at radius 1 is 1.04 bits per heavy atom. The fourth-order valence-electron chi connectivity index (χ4n) is 2.40. The van der Waals surface area contributed by atoms with Crippen molar-refractivity contribution < 1.29 is 13.9 Å². The third-order valence-electron chi connectivity index (χ3n) is 3.77. The zero-order valence-corrected chi connectivity index (χ0v) is 14.8. The van der Waals surface area contributed by atoms with E-state index in [4.69, 9.17) is 9.47 Å². The summed E-state index contributed by atoms with van der Waals surface area (Å²) < 4.78 is 23.6. The van der Waals surface area contributed by atoms with Crippen LogP contribution in [0.15, 0.2) is 47.5 Å². The number of nitrogens with zero attached hydrogens (tertiary/aromatic N) is 1. The van der Waals surface area contributed by atoms with Crippen LogP contribution in [0.1, 0.15) is 11.1 Å². The van der Waals surface area contributed by atoms with Crippen molar-refractivity contribution in [2.75, 3.05) is 27.8 Å². The van der Waals surface area contributed by atoms with Crippen molar-refractivity contribution in [3.63, 3.8) is 0 Å². The van der Waals surface area contributed by atoms with Gasteiger partial charge in [0.05, 0.1) is 14.2 Å². The fraction of sp³-hybridized carbons (Fsp3) is 0.316. The van der Waals surface area contributed by atoms with E-state index in [0.29, 0.717) is 19.0 Å². The average molecular weight is 345 g/mol. The first-order chi connectivity index (χ1) is 12.2. The molecule has 2 aromatic rings. The lowest BCUT2D eigenvalue weighted by atomic mass is 10.1. The molecule has 0 spiro atoms. The molecule has 25 heavy (non-hydrogen) atoms. The van der Waals surface area contributed by atoms with Gasteiger partial charge in [-0.1, -0.05) is 12.1 Å². The molecular formula is C19H24FN3O2. The summed E-state index contributed by atoms with van der Waals surface area (Å²) in [5.41, 5.74) is 2.04. The van der Waals surface area contributed by atoms with Gasteiger partial charge in [-0.05, 0) is 47.9 Å². The predicted molar refractivity (Wildman–Crippen MR) is 97.9 cm³/mol. The molecule has 0 saturated heterocycles. The molecule has 0 unspecified atom stereocenters. The molecular weight excluding hydrogens is 321 g/mol. The minimum Gasteiger partial charge on any atom is -0.497 e. The van der Waals surface area contributed by atoms with E-state index >= 15 is 0 Å². The lowest BCUT2D eigenvalue weighted by Crippen LogP contribution is -2.37. The van der Waals surface area contributed by atoms with E-state index in [0.717, 1.165) is 29.0 Å². The Bertz CT molecular complexity index is 702. The van der Waals surface area contributed by atoms with Crippen molar-refractivity contribution in [1.29, 1.82) is 0 Å². The van der Waals surface area contributed by atoms with E-state index < -0.39 is 0 Å². The highest BCUT2D eigenvalue weighted by Crippen LogP contribution is 2.24. The Kier molecular flexibility index (Phi) is 7.07. The van der Waals surface area contributed by atoms with Gasteiger partial charge in [-0.3, -0.25) is 4.99 Å². The lowest BCUT2D eigenvalue weighted by Gasteiger charge is -2.14. The van der Waals surface area contributed by atoms with E-state index in [-0.39, 0.29) is 5.82 Å². The molecule has 0 aliphatic rings. The van der Waals surface area contributed by atoms with Gasteiger partial charge in [-0.15, -0.1) is 0 Å². The van der Waals surface area contributed by atoms with Crippen molar-refractivity contribution in [1.82, 2.24) is 10.6 Å². The summed E-state index contributed by atoms with van der Waals surface area (Å²) in [5.74, 6) is 2.08. The number of guanidine groups is 1. The minimum absolute atomic E-state index is 0.238. The molecule has 6 heteroatoms. The molecule has 0 heterocycles. The van der Waals surface area contributed by atoms with Crippen LogP contribution >= 0.6 is 0 Å². The molecule has 2 rings (SSSR count). The van der Waals surface area contributed by atoms with Gasteiger partial charge in [0.15, 0.2) is 5.96 Å². The predicted octanol–water partition coefficient (Wildman–Crippen LogP) is 2.75. The SMILES string of the molecule is CN=C(NCCc1cc(OC)ccc1OC)NCc1ccc(F)cc1. The van der Waals surface area contributed by atoms with Gasteiger partial charge < -0.3 is 20.1 Å². The van der Waals surface area contributed by atoms with Crippen LogP contribution in [0.3, 0.4) is 0 Å². The van der Waals surface area contributed by atoms with Crippen LogP contribution in [0.5, 0.6) is 11.5 Å². The van der Waals surface area contributed by atoms with Gasteiger partial charge in [0.2, 0.25) is 0 Å². The molecule has 0 fully saturated rings. The smallest absolute Gasteiger partial charge is 0.191 e. The summed E-state index contributed by atoms with van der Waals surface area (Å²) in [4.78, 5) is 4.19. The number of rotatable bonds is 7. The molecule has 0 aliphatic heterocycles. The molecule has 2 aromatic carbocycles.